The Morgan fingerprint density at radius 3 is 2.50 bits per heavy atom. The zero-order valence-corrected chi connectivity index (χ0v) is 24.6. The van der Waals surface area contributed by atoms with Gasteiger partial charge < -0.3 is 20.5 Å². The van der Waals surface area contributed by atoms with Gasteiger partial charge in [0.2, 0.25) is 16.6 Å². The molecule has 1 amide bonds. The maximum Gasteiger partial charge on any atom is 0.423 e. The number of rotatable bonds is 13. The predicted octanol–water partition coefficient (Wildman–Crippen LogP) is 7.22. The lowest BCUT2D eigenvalue weighted by atomic mass is 9.99. The van der Waals surface area contributed by atoms with Crippen molar-refractivity contribution in [2.75, 3.05) is 11.4 Å². The van der Waals surface area contributed by atoms with Crippen LogP contribution < -0.4 is 16.0 Å². The van der Waals surface area contributed by atoms with Crippen LogP contribution in [0.5, 0.6) is 0 Å². The molecule has 0 aliphatic carbocycles. The Morgan fingerprint density at radius 2 is 1.86 bits per heavy atom. The number of nitrogens with two attached hydrogens (primary N) is 1. The Morgan fingerprint density at radius 1 is 1.14 bits per heavy atom. The summed E-state index contributed by atoms with van der Waals surface area (Å²) in [4.78, 5) is 30.2. The Labute approximate surface area is 246 Å². The number of alkyl halides is 3. The van der Waals surface area contributed by atoms with E-state index in [2.05, 4.69) is 17.2 Å². The normalized spacial score (nSPS) is 14.5. The minimum atomic E-state index is -4.72. The van der Waals surface area contributed by atoms with Crippen LogP contribution in [-0.2, 0) is 26.9 Å². The van der Waals surface area contributed by atoms with Gasteiger partial charge in [-0.25, -0.2) is 14.7 Å². The van der Waals surface area contributed by atoms with Crippen molar-refractivity contribution in [1.29, 1.82) is 0 Å². The molecule has 2 unspecified atom stereocenters. The van der Waals surface area contributed by atoms with Gasteiger partial charge in [-0.2, -0.15) is 17.6 Å². The van der Waals surface area contributed by atoms with E-state index in [0.29, 0.717) is 29.9 Å². The first-order chi connectivity index (χ1) is 19.9. The molecule has 0 radical (unpaired) electrons. The number of anilines is 2. The molecular weight excluding hydrogens is 576 g/mol. The summed E-state index contributed by atoms with van der Waals surface area (Å²) in [5.74, 6) is -0.855. The van der Waals surface area contributed by atoms with Gasteiger partial charge in [0.05, 0.1) is 11.3 Å². The number of nitrogens with one attached hydrogen (secondary N) is 1. The third-order valence-corrected chi connectivity index (χ3v) is 7.22. The molecule has 0 bridgehead atoms. The SMILES string of the molecule is CCCCCCCCc1ccc(N(C(=O)OC(C)OC(=O)C(C)N)c2nc(C3=CNCC=C3)c(F)s2)cc1C(F)(F)F. The van der Waals surface area contributed by atoms with Crippen LogP contribution in [0, 0.1) is 5.13 Å². The first-order valence-corrected chi connectivity index (χ1v) is 14.7. The lowest BCUT2D eigenvalue weighted by molar-refractivity contribution is -0.165. The molecule has 13 heteroatoms. The number of carbonyl (C=O) groups excluding carboxylic acids is 2. The molecule has 3 N–H and O–H groups in total. The molecule has 1 aromatic carbocycles. The maximum atomic E-state index is 15.1. The molecule has 3 rings (SSSR count). The quantitative estimate of drug-likeness (QED) is 0.107. The molecule has 42 heavy (non-hydrogen) atoms. The number of thiazole rings is 1. The number of ether oxygens (including phenoxy) is 2. The molecule has 230 valence electrons. The number of unbranched alkanes of at least 4 members (excludes halogenated alkanes) is 5. The summed E-state index contributed by atoms with van der Waals surface area (Å²) in [7, 11) is 0. The summed E-state index contributed by atoms with van der Waals surface area (Å²) in [6, 6.07) is 2.47. The number of aromatic nitrogens is 1. The number of amides is 1. The smallest absolute Gasteiger partial charge is 0.423 e. The van der Waals surface area contributed by atoms with Crippen LogP contribution >= 0.6 is 11.3 Å². The standard InChI is InChI=1S/C29H36F4N4O4S/c1-4-5-6-7-8-9-11-20-13-14-22(16-23(20)29(31,32)33)37(28(39)41-19(3)40-26(38)18(2)34)27-36-24(25(30)42-27)21-12-10-15-35-17-21/h10,12-14,16-19,35H,4-9,11,15,34H2,1-3H3. The van der Waals surface area contributed by atoms with Crippen molar-refractivity contribution in [1.82, 2.24) is 10.3 Å². The molecule has 2 aromatic rings. The van der Waals surface area contributed by atoms with Crippen LogP contribution in [0.1, 0.15) is 76.1 Å². The van der Waals surface area contributed by atoms with Gasteiger partial charge in [0.15, 0.2) is 0 Å². The zero-order valence-electron chi connectivity index (χ0n) is 23.8. The minimum Gasteiger partial charge on any atom is -0.424 e. The Hall–Kier alpha value is -3.45. The summed E-state index contributed by atoms with van der Waals surface area (Å²) in [5.41, 5.74) is 4.71. The summed E-state index contributed by atoms with van der Waals surface area (Å²) in [6.07, 6.45) is 3.26. The van der Waals surface area contributed by atoms with E-state index in [1.165, 1.54) is 26.0 Å². The van der Waals surface area contributed by atoms with Gasteiger partial charge in [-0.15, -0.1) is 0 Å². The Bertz CT molecular complexity index is 1290. The van der Waals surface area contributed by atoms with E-state index in [1.807, 2.05) is 0 Å². The topological polar surface area (TPSA) is 107 Å². The molecule has 1 aliphatic heterocycles. The molecule has 8 nitrogen and oxygen atoms in total. The average Bonchev–Trinajstić information content (AvgIpc) is 3.31. The largest absolute Gasteiger partial charge is 0.424 e. The second-order valence-electron chi connectivity index (χ2n) is 9.90. The van der Waals surface area contributed by atoms with Gasteiger partial charge in [-0.1, -0.05) is 68.6 Å². The molecule has 2 atom stereocenters. The highest BCUT2D eigenvalue weighted by Gasteiger charge is 2.36. The first-order valence-electron chi connectivity index (χ1n) is 13.9. The van der Waals surface area contributed by atoms with Crippen LogP contribution in [0.4, 0.5) is 33.2 Å². The third kappa shape index (κ3) is 9.02. The van der Waals surface area contributed by atoms with E-state index in [-0.39, 0.29) is 28.5 Å². The molecule has 0 saturated heterocycles. The van der Waals surface area contributed by atoms with Crippen molar-refractivity contribution in [3.63, 3.8) is 0 Å². The molecule has 2 heterocycles. The zero-order chi connectivity index (χ0) is 30.9. The number of hydrogen-bond acceptors (Lipinski definition) is 8. The summed E-state index contributed by atoms with van der Waals surface area (Å²) < 4.78 is 67.9. The van der Waals surface area contributed by atoms with Crippen molar-refractivity contribution < 1.29 is 36.6 Å². The summed E-state index contributed by atoms with van der Waals surface area (Å²) in [6.45, 7) is 5.24. The highest BCUT2D eigenvalue weighted by Crippen LogP contribution is 2.39. The number of aryl methyl sites for hydroxylation is 1. The number of esters is 1. The predicted molar refractivity (Wildman–Crippen MR) is 154 cm³/mol. The van der Waals surface area contributed by atoms with E-state index < -0.39 is 41.3 Å². The number of nitrogens with zero attached hydrogens (tertiary/aromatic N) is 2. The van der Waals surface area contributed by atoms with Crippen molar-refractivity contribution in [2.45, 2.75) is 84.2 Å². The first kappa shape index (κ1) is 33.1. The number of allylic oxidation sites excluding steroid dienone is 2. The van der Waals surface area contributed by atoms with Gasteiger partial charge >= 0.3 is 18.2 Å². The van der Waals surface area contributed by atoms with Crippen molar-refractivity contribution in [3.8, 4) is 0 Å². The fourth-order valence-electron chi connectivity index (χ4n) is 4.25. The molecule has 0 spiro atoms. The lowest BCUT2D eigenvalue weighted by Crippen LogP contribution is -2.36. The van der Waals surface area contributed by atoms with E-state index in [0.717, 1.165) is 43.1 Å². The number of halogens is 4. The fourth-order valence-corrected chi connectivity index (χ4v) is 5.08. The third-order valence-electron chi connectivity index (χ3n) is 6.39. The van der Waals surface area contributed by atoms with Gasteiger partial charge in [0, 0.05) is 25.2 Å². The highest BCUT2D eigenvalue weighted by atomic mass is 32.1. The van der Waals surface area contributed by atoms with E-state index >= 15 is 4.39 Å². The Balaban J connectivity index is 1.97. The molecule has 0 fully saturated rings. The van der Waals surface area contributed by atoms with E-state index in [4.69, 9.17) is 15.2 Å². The second kappa shape index (κ2) is 15.1. The van der Waals surface area contributed by atoms with Crippen molar-refractivity contribution in [2.24, 2.45) is 5.73 Å². The van der Waals surface area contributed by atoms with Gasteiger partial charge in [0.25, 0.3) is 0 Å². The van der Waals surface area contributed by atoms with Crippen LogP contribution in [0.2, 0.25) is 0 Å². The fraction of sp³-hybridized carbons (Fsp3) is 0.483. The van der Waals surface area contributed by atoms with Gasteiger partial charge in [-0.3, -0.25) is 4.79 Å². The van der Waals surface area contributed by atoms with Gasteiger partial charge in [-0.05, 0) is 37.5 Å². The monoisotopic (exact) mass is 612 g/mol. The van der Waals surface area contributed by atoms with Gasteiger partial charge in [0.1, 0.15) is 11.7 Å². The van der Waals surface area contributed by atoms with Crippen molar-refractivity contribution in [3.05, 3.63) is 58.5 Å². The Kier molecular flexibility index (Phi) is 11.9. The summed E-state index contributed by atoms with van der Waals surface area (Å²) >= 11 is 0.462. The van der Waals surface area contributed by atoms with Crippen LogP contribution in [0.15, 0.2) is 36.6 Å². The number of hydrogen-bond donors (Lipinski definition) is 2. The molecule has 1 aromatic heterocycles. The van der Waals surface area contributed by atoms with E-state index in [1.54, 1.807) is 18.4 Å². The summed E-state index contributed by atoms with van der Waals surface area (Å²) in [5, 5.41) is 1.90. The van der Waals surface area contributed by atoms with Crippen LogP contribution in [0.3, 0.4) is 0 Å². The second-order valence-corrected chi connectivity index (χ2v) is 10.8. The number of benzene rings is 1. The van der Waals surface area contributed by atoms with Crippen LogP contribution in [0.25, 0.3) is 5.57 Å². The molecule has 1 aliphatic rings. The van der Waals surface area contributed by atoms with E-state index in [9.17, 15) is 22.8 Å². The number of dihydropyridines is 1. The van der Waals surface area contributed by atoms with Crippen molar-refractivity contribution >= 4 is 39.8 Å². The molecular formula is C29H36F4N4O4S. The minimum absolute atomic E-state index is 0.0869. The number of carbonyl (C=O) groups is 2. The lowest BCUT2D eigenvalue weighted by Gasteiger charge is -2.24. The molecule has 0 saturated carbocycles. The average molecular weight is 613 g/mol. The maximum absolute atomic E-state index is 15.1. The van der Waals surface area contributed by atoms with Crippen LogP contribution in [-0.4, -0.2) is 35.9 Å². The highest BCUT2D eigenvalue weighted by molar-refractivity contribution is 7.14.